The smallest absolute Gasteiger partial charge is 0.338 e. The fourth-order valence-corrected chi connectivity index (χ4v) is 6.59. The highest BCUT2D eigenvalue weighted by Crippen LogP contribution is 2.59. The van der Waals surface area contributed by atoms with Crippen LogP contribution in [0.1, 0.15) is 22.3 Å². The number of carbonyl (C=O) groups excluding carboxylic acids is 4. The molecule has 10 heteroatoms. The Bertz CT molecular complexity index is 1220. The van der Waals surface area contributed by atoms with Gasteiger partial charge in [0.25, 0.3) is 5.91 Å². The van der Waals surface area contributed by atoms with Crippen LogP contribution in [0.4, 0.5) is 11.4 Å². The minimum Gasteiger partial charge on any atom is -0.452 e. The Morgan fingerprint density at radius 2 is 1.66 bits per heavy atom. The second kappa shape index (κ2) is 9.12. The van der Waals surface area contributed by atoms with Gasteiger partial charge in [0.15, 0.2) is 6.61 Å². The van der Waals surface area contributed by atoms with Gasteiger partial charge < -0.3 is 10.1 Å². The number of amides is 3. The zero-order valence-electron chi connectivity index (χ0n) is 18.5. The first-order valence-electron chi connectivity index (χ1n) is 11.2. The summed E-state index contributed by atoms with van der Waals surface area (Å²) in [7, 11) is 0. The Labute approximate surface area is 216 Å². The molecule has 2 saturated carbocycles. The minimum atomic E-state index is -0.759. The van der Waals surface area contributed by atoms with Gasteiger partial charge in [-0.25, -0.2) is 4.79 Å². The quantitative estimate of drug-likeness (QED) is 0.348. The third-order valence-corrected chi connectivity index (χ3v) is 8.93. The Morgan fingerprint density at radius 3 is 2.31 bits per heavy atom. The van der Waals surface area contributed by atoms with Crippen molar-refractivity contribution < 1.29 is 23.9 Å². The van der Waals surface area contributed by atoms with E-state index in [0.717, 1.165) is 4.90 Å². The molecular formula is C25H21Cl3N2O5. The molecule has 2 bridgehead atoms. The van der Waals surface area contributed by atoms with Gasteiger partial charge in [-0.2, -0.15) is 0 Å². The molecule has 5 rings (SSSR count). The second-order valence-electron chi connectivity index (χ2n) is 9.10. The number of imide groups is 1. The molecule has 0 radical (unpaired) electrons. The van der Waals surface area contributed by atoms with E-state index in [-0.39, 0.29) is 45.7 Å². The zero-order chi connectivity index (χ0) is 25.0. The van der Waals surface area contributed by atoms with Crippen molar-refractivity contribution in [1.82, 2.24) is 0 Å². The summed E-state index contributed by atoms with van der Waals surface area (Å²) in [6.45, 7) is 1.24. The van der Waals surface area contributed by atoms with E-state index in [1.54, 1.807) is 37.3 Å². The summed E-state index contributed by atoms with van der Waals surface area (Å²) in [6.07, 6.45) is 0.673. The molecule has 0 aromatic heterocycles. The van der Waals surface area contributed by atoms with Crippen LogP contribution < -0.4 is 10.2 Å². The van der Waals surface area contributed by atoms with Crippen LogP contribution in [0.3, 0.4) is 0 Å². The molecule has 1 N–H and O–H groups in total. The van der Waals surface area contributed by atoms with Crippen LogP contribution in [-0.4, -0.2) is 41.1 Å². The molecule has 182 valence electrons. The number of rotatable bonds is 5. The molecule has 1 aliphatic heterocycles. The Morgan fingerprint density at radius 1 is 1.03 bits per heavy atom. The lowest BCUT2D eigenvalue weighted by atomic mass is 9.80. The standard InChI is InChI=1S/C25H21Cl3N2O5/c1-11-16(26)6-3-7-17(11)29-18(31)10-35-25(34)12-4-2-5-13(8-12)30-23(32)19-14-9-15(20(19)24(30)33)22(28)21(14)27/h2-8,14-15,19-22H,9-10H2,1H3,(H,29,31)/t14-,15-,19-,20+,21-,22+/m1/s1. The van der Waals surface area contributed by atoms with Crippen LogP contribution in [0.25, 0.3) is 0 Å². The third kappa shape index (κ3) is 3.99. The number of nitrogens with one attached hydrogen (secondary N) is 1. The van der Waals surface area contributed by atoms with Crippen molar-refractivity contribution in [3.8, 4) is 0 Å². The maximum absolute atomic E-state index is 13.2. The van der Waals surface area contributed by atoms with Crippen molar-refractivity contribution in [2.24, 2.45) is 23.7 Å². The summed E-state index contributed by atoms with van der Waals surface area (Å²) >= 11 is 18.9. The molecule has 35 heavy (non-hydrogen) atoms. The summed E-state index contributed by atoms with van der Waals surface area (Å²) in [5, 5.41) is 2.46. The van der Waals surface area contributed by atoms with Gasteiger partial charge in [-0.3, -0.25) is 19.3 Å². The molecule has 0 unspecified atom stereocenters. The molecule has 6 atom stereocenters. The van der Waals surface area contributed by atoms with E-state index in [1.165, 1.54) is 12.1 Å². The van der Waals surface area contributed by atoms with E-state index in [9.17, 15) is 19.2 Å². The summed E-state index contributed by atoms with van der Waals surface area (Å²) in [4.78, 5) is 52.4. The number of carbonyl (C=O) groups is 4. The third-order valence-electron chi connectivity index (χ3n) is 7.20. The fraction of sp³-hybridized carbons (Fsp3) is 0.360. The number of hydrogen-bond acceptors (Lipinski definition) is 5. The number of benzene rings is 2. The van der Waals surface area contributed by atoms with E-state index in [1.807, 2.05) is 0 Å². The normalized spacial score (nSPS) is 28.9. The van der Waals surface area contributed by atoms with Gasteiger partial charge in [0.05, 0.1) is 33.8 Å². The predicted molar refractivity (Wildman–Crippen MR) is 132 cm³/mol. The highest BCUT2D eigenvalue weighted by atomic mass is 35.5. The summed E-state index contributed by atoms with van der Waals surface area (Å²) in [6, 6.07) is 11.1. The molecule has 2 aliphatic carbocycles. The number of hydrogen-bond donors (Lipinski definition) is 1. The molecule has 1 heterocycles. The fourth-order valence-electron chi connectivity index (χ4n) is 5.52. The number of fused-ring (bicyclic) bond motifs is 5. The molecule has 2 aromatic rings. The molecule has 2 aromatic carbocycles. The van der Waals surface area contributed by atoms with Crippen LogP contribution in [0, 0.1) is 30.6 Å². The summed E-state index contributed by atoms with van der Waals surface area (Å²) < 4.78 is 5.14. The van der Waals surface area contributed by atoms with Crippen molar-refractivity contribution in [3.05, 3.63) is 58.6 Å². The first-order valence-corrected chi connectivity index (χ1v) is 12.4. The van der Waals surface area contributed by atoms with E-state index >= 15 is 0 Å². The molecule has 1 saturated heterocycles. The highest BCUT2D eigenvalue weighted by molar-refractivity contribution is 6.32. The zero-order valence-corrected chi connectivity index (χ0v) is 20.8. The summed E-state index contributed by atoms with van der Waals surface area (Å²) in [5.41, 5.74) is 1.60. The number of halogens is 3. The van der Waals surface area contributed by atoms with Crippen LogP contribution >= 0.6 is 34.8 Å². The number of ether oxygens (including phenoxy) is 1. The van der Waals surface area contributed by atoms with Crippen LogP contribution in [0.2, 0.25) is 5.02 Å². The minimum absolute atomic E-state index is 0.111. The van der Waals surface area contributed by atoms with Gasteiger partial charge in [-0.05, 0) is 61.1 Å². The lowest BCUT2D eigenvalue weighted by Crippen LogP contribution is -2.37. The summed E-state index contributed by atoms with van der Waals surface area (Å²) in [5.74, 6) is -3.16. The Kier molecular flexibility index (Phi) is 6.28. The maximum atomic E-state index is 13.2. The molecule has 3 amide bonds. The van der Waals surface area contributed by atoms with Gasteiger partial charge in [0, 0.05) is 10.7 Å². The lowest BCUT2D eigenvalue weighted by Gasteiger charge is -2.28. The van der Waals surface area contributed by atoms with Crippen molar-refractivity contribution in [1.29, 1.82) is 0 Å². The highest BCUT2D eigenvalue weighted by Gasteiger charge is 2.66. The van der Waals surface area contributed by atoms with E-state index in [4.69, 9.17) is 39.5 Å². The van der Waals surface area contributed by atoms with Crippen LogP contribution in [0.5, 0.6) is 0 Å². The van der Waals surface area contributed by atoms with E-state index in [2.05, 4.69) is 5.32 Å². The first-order chi connectivity index (χ1) is 16.7. The van der Waals surface area contributed by atoms with Gasteiger partial charge in [0.2, 0.25) is 11.8 Å². The van der Waals surface area contributed by atoms with Crippen molar-refractivity contribution in [3.63, 3.8) is 0 Å². The Balaban J connectivity index is 1.27. The molecule has 3 aliphatic rings. The monoisotopic (exact) mass is 534 g/mol. The molecule has 0 spiro atoms. The second-order valence-corrected chi connectivity index (χ2v) is 10.5. The van der Waals surface area contributed by atoms with Crippen molar-refractivity contribution >= 4 is 69.9 Å². The Hall–Kier alpha value is -2.61. The van der Waals surface area contributed by atoms with E-state index < -0.39 is 30.3 Å². The maximum Gasteiger partial charge on any atom is 0.338 e. The first kappa shape index (κ1) is 24.1. The van der Waals surface area contributed by atoms with Crippen molar-refractivity contribution in [2.45, 2.75) is 24.1 Å². The van der Waals surface area contributed by atoms with Gasteiger partial charge in [0.1, 0.15) is 0 Å². The molecule has 3 fully saturated rings. The number of alkyl halides is 2. The number of anilines is 2. The largest absolute Gasteiger partial charge is 0.452 e. The van der Waals surface area contributed by atoms with Crippen molar-refractivity contribution in [2.75, 3.05) is 16.8 Å². The van der Waals surface area contributed by atoms with Gasteiger partial charge in [-0.15, -0.1) is 23.2 Å². The average Bonchev–Trinajstić information content (AvgIpc) is 3.45. The molecular weight excluding hydrogens is 515 g/mol. The van der Waals surface area contributed by atoms with E-state index in [0.29, 0.717) is 22.7 Å². The molecule has 7 nitrogen and oxygen atoms in total. The topological polar surface area (TPSA) is 92.8 Å². The van der Waals surface area contributed by atoms with Crippen LogP contribution in [0.15, 0.2) is 42.5 Å². The van der Waals surface area contributed by atoms with Gasteiger partial charge >= 0.3 is 5.97 Å². The van der Waals surface area contributed by atoms with Gasteiger partial charge in [-0.1, -0.05) is 23.7 Å². The SMILES string of the molecule is Cc1c(Cl)cccc1NC(=O)COC(=O)c1cccc(N2C(=O)[C@@H]3[C@H]4C[C@@H]([C@H](Cl)[C@@H]4Cl)[C@@H]3C2=O)c1. The average molecular weight is 536 g/mol. The lowest BCUT2D eigenvalue weighted by molar-refractivity contribution is -0.123. The van der Waals surface area contributed by atoms with Crippen LogP contribution in [-0.2, 0) is 19.1 Å². The number of nitrogens with zero attached hydrogens (tertiary/aromatic N) is 1. The predicted octanol–water partition coefficient (Wildman–Crippen LogP) is 4.41. The number of esters is 1.